The fourth-order valence-corrected chi connectivity index (χ4v) is 6.17. The Morgan fingerprint density at radius 1 is 0.875 bits per heavy atom. The second kappa shape index (κ2) is 10.6. The van der Waals surface area contributed by atoms with Gasteiger partial charge < -0.3 is 14.6 Å². The molecule has 0 spiro atoms. The first kappa shape index (κ1) is 26.4. The molecular formula is C31H31F3N4O2. The number of fused-ring (bicyclic) bond motifs is 4. The zero-order valence-electron chi connectivity index (χ0n) is 22.1. The molecule has 9 heteroatoms. The number of anilines is 1. The van der Waals surface area contributed by atoms with Gasteiger partial charge in [0.1, 0.15) is 17.5 Å². The topological polar surface area (TPSA) is 61.6 Å². The zero-order chi connectivity index (χ0) is 27.7. The SMILES string of the molecule is O=C(NCC(F)(F)F)C1(CCCCN2CCN(c3nc4ccccc4o3)CC2)c2ccccc2-c2ccccc21. The molecule has 40 heavy (non-hydrogen) atoms. The zero-order valence-corrected chi connectivity index (χ0v) is 22.1. The third-order valence-electron chi connectivity index (χ3n) is 8.10. The van der Waals surface area contributed by atoms with Crippen LogP contribution in [0.5, 0.6) is 0 Å². The number of carbonyl (C=O) groups excluding carboxylic acids is 1. The molecule has 1 amide bonds. The summed E-state index contributed by atoms with van der Waals surface area (Å²) in [4.78, 5) is 22.8. The Kier molecular flexibility index (Phi) is 7.00. The molecule has 1 aliphatic heterocycles. The summed E-state index contributed by atoms with van der Waals surface area (Å²) >= 11 is 0. The van der Waals surface area contributed by atoms with E-state index in [0.29, 0.717) is 18.9 Å². The van der Waals surface area contributed by atoms with Crippen molar-refractivity contribution in [2.45, 2.75) is 30.9 Å². The van der Waals surface area contributed by atoms with E-state index < -0.39 is 24.0 Å². The van der Waals surface area contributed by atoms with Gasteiger partial charge in [0, 0.05) is 26.2 Å². The Morgan fingerprint density at radius 2 is 1.50 bits per heavy atom. The quantitative estimate of drug-likeness (QED) is 0.284. The molecule has 1 fully saturated rings. The van der Waals surface area contributed by atoms with Gasteiger partial charge in [-0.2, -0.15) is 18.2 Å². The molecule has 208 valence electrons. The van der Waals surface area contributed by atoms with Gasteiger partial charge in [0.15, 0.2) is 5.58 Å². The van der Waals surface area contributed by atoms with E-state index >= 15 is 0 Å². The summed E-state index contributed by atoms with van der Waals surface area (Å²) in [6, 6.07) is 23.6. The van der Waals surface area contributed by atoms with Crippen LogP contribution in [0.15, 0.2) is 77.2 Å². The highest BCUT2D eigenvalue weighted by molar-refractivity contribution is 6.00. The summed E-state index contributed by atoms with van der Waals surface area (Å²) in [6.45, 7) is 2.84. The van der Waals surface area contributed by atoms with Crippen LogP contribution >= 0.6 is 0 Å². The van der Waals surface area contributed by atoms with Crippen LogP contribution in [0.2, 0.25) is 0 Å². The average Bonchev–Trinajstić information content (AvgIpc) is 3.52. The first-order valence-electron chi connectivity index (χ1n) is 13.7. The van der Waals surface area contributed by atoms with E-state index in [-0.39, 0.29) is 0 Å². The largest absolute Gasteiger partial charge is 0.423 e. The molecule has 1 aliphatic carbocycles. The maximum absolute atomic E-state index is 13.6. The molecule has 0 radical (unpaired) electrons. The van der Waals surface area contributed by atoms with Gasteiger partial charge in [0.2, 0.25) is 5.91 Å². The number of para-hydroxylation sites is 2. The number of carbonyl (C=O) groups is 1. The fourth-order valence-electron chi connectivity index (χ4n) is 6.17. The number of unbranched alkanes of at least 4 members (excludes halogenated alkanes) is 1. The second-order valence-corrected chi connectivity index (χ2v) is 10.5. The lowest BCUT2D eigenvalue weighted by Crippen LogP contribution is -2.47. The number of nitrogens with zero attached hydrogens (tertiary/aromatic N) is 3. The van der Waals surface area contributed by atoms with E-state index in [1.807, 2.05) is 72.8 Å². The summed E-state index contributed by atoms with van der Waals surface area (Å²) < 4.78 is 45.2. The average molecular weight is 549 g/mol. The van der Waals surface area contributed by atoms with Crippen molar-refractivity contribution in [1.82, 2.24) is 15.2 Å². The van der Waals surface area contributed by atoms with Crippen molar-refractivity contribution in [3.8, 4) is 11.1 Å². The van der Waals surface area contributed by atoms with Crippen LogP contribution in [-0.4, -0.2) is 61.2 Å². The second-order valence-electron chi connectivity index (χ2n) is 10.5. The maximum atomic E-state index is 13.6. The van der Waals surface area contributed by atoms with Gasteiger partial charge >= 0.3 is 6.18 Å². The summed E-state index contributed by atoms with van der Waals surface area (Å²) in [6.07, 6.45) is -2.50. The highest BCUT2D eigenvalue weighted by atomic mass is 19.4. The van der Waals surface area contributed by atoms with Crippen LogP contribution in [0, 0.1) is 0 Å². The molecule has 0 atom stereocenters. The number of halogens is 3. The van der Waals surface area contributed by atoms with E-state index in [9.17, 15) is 18.0 Å². The van der Waals surface area contributed by atoms with E-state index in [4.69, 9.17) is 4.42 Å². The van der Waals surface area contributed by atoms with Gasteiger partial charge in [-0.3, -0.25) is 9.69 Å². The van der Waals surface area contributed by atoms with Crippen molar-refractivity contribution in [2.24, 2.45) is 0 Å². The number of hydrogen-bond acceptors (Lipinski definition) is 5. The highest BCUT2D eigenvalue weighted by Crippen LogP contribution is 2.51. The molecule has 2 aliphatic rings. The summed E-state index contributed by atoms with van der Waals surface area (Å²) in [5, 5.41) is 2.21. The molecule has 1 N–H and O–H groups in total. The normalized spacial score (nSPS) is 16.6. The monoisotopic (exact) mass is 548 g/mol. The van der Waals surface area contributed by atoms with Crippen molar-refractivity contribution in [3.05, 3.63) is 83.9 Å². The Hall–Kier alpha value is -3.85. The predicted molar refractivity (Wildman–Crippen MR) is 148 cm³/mol. The lowest BCUT2D eigenvalue weighted by molar-refractivity contribution is -0.141. The molecule has 6 rings (SSSR count). The van der Waals surface area contributed by atoms with Crippen LogP contribution < -0.4 is 10.2 Å². The number of nitrogens with one attached hydrogen (secondary N) is 1. The predicted octanol–water partition coefficient (Wildman–Crippen LogP) is 5.77. The lowest BCUT2D eigenvalue weighted by Gasteiger charge is -2.34. The number of rotatable bonds is 8. The molecule has 0 unspecified atom stereocenters. The minimum absolute atomic E-state index is 0.438. The number of oxazole rings is 1. The standard InChI is InChI=1S/C31H31F3N4O2/c32-31(33,34)21-35-28(39)30(24-11-3-1-9-22(24)23-10-2-4-12-25(23)30)15-7-8-16-37-17-19-38(20-18-37)29-36-26-13-5-6-14-27(26)40-29/h1-6,9-14H,7-8,15-21H2,(H,35,39). The minimum Gasteiger partial charge on any atom is -0.423 e. The van der Waals surface area contributed by atoms with Gasteiger partial charge in [0.25, 0.3) is 6.01 Å². The van der Waals surface area contributed by atoms with Crippen LogP contribution in [0.25, 0.3) is 22.2 Å². The molecule has 4 aromatic rings. The fraction of sp³-hybridized carbons (Fsp3) is 0.355. The molecule has 3 aromatic carbocycles. The summed E-state index contributed by atoms with van der Waals surface area (Å²) in [5.41, 5.74) is 3.87. The molecular weight excluding hydrogens is 517 g/mol. The minimum atomic E-state index is -4.48. The van der Waals surface area contributed by atoms with Crippen molar-refractivity contribution in [3.63, 3.8) is 0 Å². The van der Waals surface area contributed by atoms with E-state index in [2.05, 4.69) is 20.1 Å². The molecule has 0 saturated carbocycles. The van der Waals surface area contributed by atoms with Crippen LogP contribution in [-0.2, 0) is 10.2 Å². The smallest absolute Gasteiger partial charge is 0.405 e. The lowest BCUT2D eigenvalue weighted by atomic mass is 9.73. The maximum Gasteiger partial charge on any atom is 0.405 e. The summed E-state index contributed by atoms with van der Waals surface area (Å²) in [7, 11) is 0. The highest BCUT2D eigenvalue weighted by Gasteiger charge is 2.49. The Bertz CT molecular complexity index is 1430. The number of alkyl halides is 3. The molecule has 0 bridgehead atoms. The van der Waals surface area contributed by atoms with Crippen LogP contribution in [0.1, 0.15) is 30.4 Å². The molecule has 1 saturated heterocycles. The Morgan fingerprint density at radius 3 is 2.15 bits per heavy atom. The molecule has 6 nitrogen and oxygen atoms in total. The van der Waals surface area contributed by atoms with E-state index in [1.54, 1.807) is 0 Å². The number of hydrogen-bond donors (Lipinski definition) is 1. The molecule has 2 heterocycles. The van der Waals surface area contributed by atoms with Gasteiger partial charge in [-0.25, -0.2) is 0 Å². The first-order chi connectivity index (χ1) is 19.3. The van der Waals surface area contributed by atoms with Gasteiger partial charge in [-0.05, 0) is 53.8 Å². The molecule has 1 aromatic heterocycles. The van der Waals surface area contributed by atoms with Crippen molar-refractivity contribution in [1.29, 1.82) is 0 Å². The first-order valence-corrected chi connectivity index (χ1v) is 13.7. The number of benzene rings is 3. The van der Waals surface area contributed by atoms with Crippen LogP contribution in [0.3, 0.4) is 0 Å². The van der Waals surface area contributed by atoms with Crippen LogP contribution in [0.4, 0.5) is 19.2 Å². The summed E-state index contributed by atoms with van der Waals surface area (Å²) in [5.74, 6) is -0.589. The van der Waals surface area contributed by atoms with Crippen molar-refractivity contribution in [2.75, 3.05) is 44.2 Å². The third-order valence-corrected chi connectivity index (χ3v) is 8.10. The number of piperazine rings is 1. The number of amides is 1. The Balaban J connectivity index is 1.12. The van der Waals surface area contributed by atoms with E-state index in [0.717, 1.165) is 72.5 Å². The van der Waals surface area contributed by atoms with E-state index in [1.165, 1.54) is 0 Å². The van der Waals surface area contributed by atoms with Gasteiger partial charge in [-0.1, -0.05) is 67.1 Å². The third kappa shape index (κ3) is 4.94. The van der Waals surface area contributed by atoms with Gasteiger partial charge in [-0.15, -0.1) is 0 Å². The van der Waals surface area contributed by atoms with Crippen molar-refractivity contribution >= 4 is 23.0 Å². The van der Waals surface area contributed by atoms with Gasteiger partial charge in [0.05, 0.1) is 0 Å². The number of aromatic nitrogens is 1. The van der Waals surface area contributed by atoms with Crippen molar-refractivity contribution < 1.29 is 22.4 Å². The Labute approximate surface area is 230 Å².